The Morgan fingerprint density at radius 2 is 1.31 bits per heavy atom. The summed E-state index contributed by atoms with van der Waals surface area (Å²) in [6.45, 7) is 19.9. The number of hydrogen-bond donors (Lipinski definition) is 3. The molecular weight excluding hydrogens is 328 g/mol. The van der Waals surface area contributed by atoms with Gasteiger partial charge in [-0.25, -0.2) is 0 Å². The van der Waals surface area contributed by atoms with E-state index in [-0.39, 0.29) is 28.3 Å². The van der Waals surface area contributed by atoms with Crippen molar-refractivity contribution in [2.75, 3.05) is 6.61 Å². The molecule has 0 saturated carbocycles. The van der Waals surface area contributed by atoms with Crippen LogP contribution in [0.5, 0.6) is 0 Å². The molecule has 0 aromatic carbocycles. The van der Waals surface area contributed by atoms with E-state index in [2.05, 4.69) is 39.9 Å². The van der Waals surface area contributed by atoms with Crippen molar-refractivity contribution in [2.45, 2.75) is 129 Å². The van der Waals surface area contributed by atoms with Crippen LogP contribution in [-0.2, 0) is 4.74 Å². The van der Waals surface area contributed by atoms with E-state index in [1.54, 1.807) is 0 Å². The van der Waals surface area contributed by atoms with E-state index in [9.17, 15) is 10.3 Å². The zero-order valence-electron chi connectivity index (χ0n) is 18.6. The van der Waals surface area contributed by atoms with Crippen molar-refractivity contribution in [1.82, 2.24) is 10.4 Å². The van der Waals surface area contributed by atoms with Gasteiger partial charge in [-0.3, -0.25) is 0 Å². The lowest BCUT2D eigenvalue weighted by Crippen LogP contribution is -2.60. The maximum Gasteiger partial charge on any atom is 0.0609 e. The van der Waals surface area contributed by atoms with Crippen molar-refractivity contribution in [1.29, 1.82) is 0 Å². The molecule has 156 valence electrons. The molecule has 2 aliphatic heterocycles. The van der Waals surface area contributed by atoms with Gasteiger partial charge in [0.15, 0.2) is 0 Å². The molecule has 2 aliphatic rings. The van der Waals surface area contributed by atoms with E-state index >= 15 is 0 Å². The number of nitrogens with zero attached hydrogens (tertiary/aromatic N) is 1. The van der Waals surface area contributed by atoms with E-state index in [1.807, 2.05) is 27.7 Å². The van der Waals surface area contributed by atoms with Gasteiger partial charge in [-0.2, -0.15) is 5.06 Å². The van der Waals surface area contributed by atoms with E-state index < -0.39 is 0 Å². The zero-order valence-corrected chi connectivity index (χ0v) is 18.6. The first-order valence-electron chi connectivity index (χ1n) is 10.2. The van der Waals surface area contributed by atoms with Crippen molar-refractivity contribution < 1.29 is 15.1 Å². The molecule has 3 N–H and O–H groups in total. The van der Waals surface area contributed by atoms with E-state index in [4.69, 9.17) is 4.74 Å². The van der Waals surface area contributed by atoms with Gasteiger partial charge in [-0.05, 0) is 87.5 Å². The fourth-order valence-corrected chi connectivity index (χ4v) is 4.85. The Bertz CT molecular complexity index is 413. The summed E-state index contributed by atoms with van der Waals surface area (Å²) in [5, 5.41) is 24.4. The summed E-state index contributed by atoms with van der Waals surface area (Å²) in [4.78, 5) is 0. The standard InChI is InChI=1S/C12H25NO.C9H19NO2/c1-6-7-14-10-8-11(2,3)13-12(4,5)9-10;1-8(2)5-7(11)6-9(3,4)10(8)12/h10,13H,6-9H2,1-5H3;7,11-12H,5-6H2,1-4H3. The number of nitrogens with one attached hydrogen (secondary N) is 1. The minimum absolute atomic E-state index is 0.208. The Labute approximate surface area is 161 Å². The number of ether oxygens (including phenoxy) is 1. The SMILES string of the molecule is CC1(C)CC(O)CC(C)(C)N1O.CCCOC1CC(C)(C)NC(C)(C)C1. The normalized spacial score (nSPS) is 28.3. The fourth-order valence-electron chi connectivity index (χ4n) is 4.85. The van der Waals surface area contributed by atoms with Gasteiger partial charge in [0.1, 0.15) is 0 Å². The van der Waals surface area contributed by atoms with Crippen molar-refractivity contribution >= 4 is 0 Å². The molecule has 2 heterocycles. The first kappa shape index (κ1) is 23.8. The quantitative estimate of drug-likeness (QED) is 0.696. The highest BCUT2D eigenvalue weighted by atomic mass is 16.5. The largest absolute Gasteiger partial charge is 0.393 e. The molecule has 2 rings (SSSR count). The van der Waals surface area contributed by atoms with Crippen LogP contribution in [0, 0.1) is 0 Å². The van der Waals surface area contributed by atoms with Crippen LogP contribution in [-0.4, -0.2) is 56.3 Å². The van der Waals surface area contributed by atoms with Gasteiger partial charge in [0, 0.05) is 28.8 Å². The highest BCUT2D eigenvalue weighted by molar-refractivity contribution is 4.97. The lowest BCUT2D eigenvalue weighted by atomic mass is 9.80. The number of hydroxylamine groups is 2. The average molecular weight is 373 g/mol. The van der Waals surface area contributed by atoms with Gasteiger partial charge >= 0.3 is 0 Å². The molecule has 26 heavy (non-hydrogen) atoms. The molecule has 5 heteroatoms. The average Bonchev–Trinajstić information content (AvgIpc) is 2.39. The molecule has 0 spiro atoms. The lowest BCUT2D eigenvalue weighted by Gasteiger charge is -2.50. The second-order valence-electron chi connectivity index (χ2n) is 10.8. The fraction of sp³-hybridized carbons (Fsp3) is 1.00. The minimum atomic E-state index is -0.318. The smallest absolute Gasteiger partial charge is 0.0609 e. The van der Waals surface area contributed by atoms with Crippen molar-refractivity contribution in [2.24, 2.45) is 0 Å². The third kappa shape index (κ3) is 7.08. The predicted octanol–water partition coefficient (Wildman–Crippen LogP) is 4.11. The van der Waals surface area contributed by atoms with Gasteiger partial charge in [-0.15, -0.1) is 0 Å². The molecule has 0 aromatic rings. The molecule has 0 aromatic heterocycles. The maximum atomic E-state index is 9.80. The van der Waals surface area contributed by atoms with Gasteiger partial charge in [0.2, 0.25) is 0 Å². The number of aliphatic hydroxyl groups excluding tert-OH is 1. The number of aliphatic hydroxyl groups is 1. The Balaban J connectivity index is 0.000000263. The summed E-state index contributed by atoms with van der Waals surface area (Å²) >= 11 is 0. The van der Waals surface area contributed by atoms with E-state index in [0.29, 0.717) is 18.9 Å². The molecule has 0 atom stereocenters. The molecule has 0 amide bonds. The summed E-state index contributed by atoms with van der Waals surface area (Å²) in [7, 11) is 0. The van der Waals surface area contributed by atoms with Crippen LogP contribution in [0.15, 0.2) is 0 Å². The summed E-state index contributed by atoms with van der Waals surface area (Å²) in [5.74, 6) is 0. The maximum absolute atomic E-state index is 9.80. The Kier molecular flexibility index (Phi) is 7.74. The van der Waals surface area contributed by atoms with Crippen LogP contribution < -0.4 is 5.32 Å². The number of piperidine rings is 2. The summed E-state index contributed by atoms with van der Waals surface area (Å²) in [5.41, 5.74) is -0.220. The Hall–Kier alpha value is -0.200. The number of rotatable bonds is 3. The highest BCUT2D eigenvalue weighted by Gasteiger charge is 2.44. The van der Waals surface area contributed by atoms with Crippen LogP contribution in [0.3, 0.4) is 0 Å². The number of hydrogen-bond acceptors (Lipinski definition) is 5. The van der Waals surface area contributed by atoms with Gasteiger partial charge < -0.3 is 20.4 Å². The van der Waals surface area contributed by atoms with Crippen LogP contribution in [0.1, 0.15) is 94.4 Å². The van der Waals surface area contributed by atoms with Crippen molar-refractivity contribution in [3.63, 3.8) is 0 Å². The minimum Gasteiger partial charge on any atom is -0.393 e. The second-order valence-corrected chi connectivity index (χ2v) is 10.8. The van der Waals surface area contributed by atoms with Gasteiger partial charge in [-0.1, -0.05) is 6.92 Å². The molecule has 0 aliphatic carbocycles. The van der Waals surface area contributed by atoms with Crippen LogP contribution in [0.2, 0.25) is 0 Å². The second kappa shape index (κ2) is 8.44. The zero-order chi connectivity index (χ0) is 20.4. The molecule has 0 bridgehead atoms. The molecule has 0 radical (unpaired) electrons. The summed E-state index contributed by atoms with van der Waals surface area (Å²) < 4.78 is 5.86. The molecule has 5 nitrogen and oxygen atoms in total. The molecular formula is C21H44N2O3. The third-order valence-electron chi connectivity index (χ3n) is 5.33. The van der Waals surface area contributed by atoms with Crippen molar-refractivity contribution in [3.05, 3.63) is 0 Å². The van der Waals surface area contributed by atoms with Gasteiger partial charge in [0.25, 0.3) is 0 Å². The van der Waals surface area contributed by atoms with Crippen LogP contribution in [0.4, 0.5) is 0 Å². The molecule has 2 saturated heterocycles. The molecule has 0 unspecified atom stereocenters. The highest BCUT2D eigenvalue weighted by Crippen LogP contribution is 2.36. The Morgan fingerprint density at radius 1 is 0.885 bits per heavy atom. The summed E-state index contributed by atoms with van der Waals surface area (Å²) in [6.07, 6.45) is 4.76. The predicted molar refractivity (Wildman–Crippen MR) is 108 cm³/mol. The third-order valence-corrected chi connectivity index (χ3v) is 5.33. The first-order valence-corrected chi connectivity index (χ1v) is 10.2. The topological polar surface area (TPSA) is 65.0 Å². The van der Waals surface area contributed by atoms with Gasteiger partial charge in [0.05, 0.1) is 12.2 Å². The van der Waals surface area contributed by atoms with E-state index in [0.717, 1.165) is 25.9 Å². The van der Waals surface area contributed by atoms with Crippen LogP contribution in [0.25, 0.3) is 0 Å². The van der Waals surface area contributed by atoms with E-state index in [1.165, 1.54) is 5.06 Å². The molecule has 2 fully saturated rings. The van der Waals surface area contributed by atoms with Crippen LogP contribution >= 0.6 is 0 Å². The monoisotopic (exact) mass is 372 g/mol. The first-order chi connectivity index (χ1) is 11.6. The summed E-state index contributed by atoms with van der Waals surface area (Å²) in [6, 6.07) is 0. The van der Waals surface area contributed by atoms with Crippen molar-refractivity contribution in [3.8, 4) is 0 Å². The lowest BCUT2D eigenvalue weighted by molar-refractivity contribution is -0.257. The Morgan fingerprint density at radius 3 is 1.69 bits per heavy atom.